The molecule has 1 heterocycles. The van der Waals surface area contributed by atoms with Gasteiger partial charge in [-0.15, -0.1) is 0 Å². The minimum atomic E-state index is -3.47. The summed E-state index contributed by atoms with van der Waals surface area (Å²) in [5.74, 6) is 0.0355. The number of benzene rings is 1. The van der Waals surface area contributed by atoms with Gasteiger partial charge in [0.15, 0.2) is 0 Å². The number of sulfonamides is 1. The average Bonchev–Trinajstić information content (AvgIpc) is 2.73. The van der Waals surface area contributed by atoms with Crippen LogP contribution in [0.15, 0.2) is 29.2 Å². The lowest BCUT2D eigenvalue weighted by molar-refractivity contribution is -0.132. The third-order valence-electron chi connectivity index (χ3n) is 5.05. The SMILES string of the molecule is CCOC(=O)N1CCN(C(=O)CCc2ccc(S(=O)(=O)N(CC)CC)cc2)CC1. The van der Waals surface area contributed by atoms with Crippen molar-refractivity contribution in [2.24, 2.45) is 0 Å². The molecule has 0 atom stereocenters. The summed E-state index contributed by atoms with van der Waals surface area (Å²) in [6.45, 7) is 8.54. The molecule has 0 N–H and O–H groups in total. The smallest absolute Gasteiger partial charge is 0.409 e. The highest BCUT2D eigenvalue weighted by molar-refractivity contribution is 7.89. The highest BCUT2D eigenvalue weighted by Crippen LogP contribution is 2.17. The van der Waals surface area contributed by atoms with Crippen molar-refractivity contribution in [1.82, 2.24) is 14.1 Å². The zero-order valence-electron chi connectivity index (χ0n) is 17.5. The summed E-state index contributed by atoms with van der Waals surface area (Å²) >= 11 is 0. The van der Waals surface area contributed by atoms with Crippen molar-refractivity contribution in [1.29, 1.82) is 0 Å². The Kier molecular flexibility index (Phi) is 8.45. The molecule has 1 saturated heterocycles. The van der Waals surface area contributed by atoms with Gasteiger partial charge in [-0.05, 0) is 31.0 Å². The van der Waals surface area contributed by atoms with Gasteiger partial charge in [-0.1, -0.05) is 26.0 Å². The number of nitrogens with zero attached hydrogens (tertiary/aromatic N) is 3. The van der Waals surface area contributed by atoms with Crippen LogP contribution >= 0.6 is 0 Å². The Bertz CT molecular complexity index is 783. The van der Waals surface area contributed by atoms with E-state index in [0.717, 1.165) is 5.56 Å². The number of aryl methyl sites for hydroxylation is 1. The van der Waals surface area contributed by atoms with Crippen LogP contribution in [0, 0.1) is 0 Å². The van der Waals surface area contributed by atoms with Gasteiger partial charge in [0.2, 0.25) is 15.9 Å². The molecule has 9 heteroatoms. The van der Waals surface area contributed by atoms with Gasteiger partial charge in [0.25, 0.3) is 0 Å². The molecule has 0 saturated carbocycles. The first-order chi connectivity index (χ1) is 13.8. The molecule has 2 amide bonds. The molecule has 0 bridgehead atoms. The van der Waals surface area contributed by atoms with E-state index in [-0.39, 0.29) is 16.9 Å². The number of hydrogen-bond donors (Lipinski definition) is 0. The van der Waals surface area contributed by atoms with Crippen LogP contribution in [-0.4, -0.2) is 80.4 Å². The van der Waals surface area contributed by atoms with Crippen molar-refractivity contribution in [2.45, 2.75) is 38.5 Å². The fourth-order valence-corrected chi connectivity index (χ4v) is 4.76. The molecule has 8 nitrogen and oxygen atoms in total. The Balaban J connectivity index is 1.86. The largest absolute Gasteiger partial charge is 0.450 e. The number of rotatable bonds is 8. The Morgan fingerprint density at radius 2 is 1.52 bits per heavy atom. The summed E-state index contributed by atoms with van der Waals surface area (Å²) in [5.41, 5.74) is 0.919. The summed E-state index contributed by atoms with van der Waals surface area (Å²) in [5, 5.41) is 0. The van der Waals surface area contributed by atoms with Crippen LogP contribution in [0.3, 0.4) is 0 Å². The predicted molar refractivity (Wildman–Crippen MR) is 110 cm³/mol. The molecule has 1 aromatic carbocycles. The van der Waals surface area contributed by atoms with E-state index in [1.165, 1.54) is 4.31 Å². The van der Waals surface area contributed by atoms with E-state index in [1.807, 2.05) is 13.8 Å². The summed E-state index contributed by atoms with van der Waals surface area (Å²) in [6, 6.07) is 6.74. The van der Waals surface area contributed by atoms with E-state index in [0.29, 0.717) is 58.7 Å². The highest BCUT2D eigenvalue weighted by Gasteiger charge is 2.25. The molecule has 29 heavy (non-hydrogen) atoms. The number of piperazine rings is 1. The summed E-state index contributed by atoms with van der Waals surface area (Å²) < 4.78 is 31.4. The highest BCUT2D eigenvalue weighted by atomic mass is 32.2. The summed E-state index contributed by atoms with van der Waals surface area (Å²) in [7, 11) is -3.47. The molecule has 1 aliphatic rings. The van der Waals surface area contributed by atoms with Crippen molar-refractivity contribution in [2.75, 3.05) is 45.9 Å². The number of carbonyl (C=O) groups excluding carboxylic acids is 2. The van der Waals surface area contributed by atoms with Crippen LogP contribution in [0.25, 0.3) is 0 Å². The van der Waals surface area contributed by atoms with Gasteiger partial charge in [0.1, 0.15) is 0 Å². The van der Waals surface area contributed by atoms with Gasteiger partial charge in [0.05, 0.1) is 11.5 Å². The molecule has 0 spiro atoms. The number of hydrogen-bond acceptors (Lipinski definition) is 5. The first-order valence-corrected chi connectivity index (χ1v) is 11.6. The Labute approximate surface area is 173 Å². The van der Waals surface area contributed by atoms with E-state index >= 15 is 0 Å². The molecular weight excluding hydrogens is 394 g/mol. The van der Waals surface area contributed by atoms with Crippen LogP contribution < -0.4 is 0 Å². The molecule has 162 valence electrons. The van der Waals surface area contributed by atoms with Crippen molar-refractivity contribution >= 4 is 22.0 Å². The summed E-state index contributed by atoms with van der Waals surface area (Å²) in [6.07, 6.45) is 0.559. The quantitative estimate of drug-likeness (QED) is 0.635. The second kappa shape index (κ2) is 10.6. The van der Waals surface area contributed by atoms with Crippen LogP contribution in [0.5, 0.6) is 0 Å². The Morgan fingerprint density at radius 1 is 0.966 bits per heavy atom. The van der Waals surface area contributed by atoms with Crippen molar-refractivity contribution < 1.29 is 22.7 Å². The maximum Gasteiger partial charge on any atom is 0.409 e. The normalized spacial score (nSPS) is 14.9. The third-order valence-corrected chi connectivity index (χ3v) is 7.12. The van der Waals surface area contributed by atoms with Crippen LogP contribution in [0.2, 0.25) is 0 Å². The van der Waals surface area contributed by atoms with Crippen molar-refractivity contribution in [3.8, 4) is 0 Å². The molecule has 1 aliphatic heterocycles. The van der Waals surface area contributed by atoms with Crippen LogP contribution in [-0.2, 0) is 26.0 Å². The first kappa shape index (κ1) is 23.2. The minimum absolute atomic E-state index is 0.0355. The monoisotopic (exact) mass is 425 g/mol. The van der Waals surface area contributed by atoms with E-state index in [9.17, 15) is 18.0 Å². The molecule has 0 aromatic heterocycles. The number of amides is 2. The van der Waals surface area contributed by atoms with Gasteiger partial charge < -0.3 is 14.5 Å². The fraction of sp³-hybridized carbons (Fsp3) is 0.600. The van der Waals surface area contributed by atoms with Crippen LogP contribution in [0.1, 0.15) is 32.8 Å². The second-order valence-corrected chi connectivity index (χ2v) is 8.74. The fourth-order valence-electron chi connectivity index (χ4n) is 3.30. The molecule has 2 rings (SSSR count). The van der Waals surface area contributed by atoms with E-state index in [4.69, 9.17) is 4.74 Å². The second-order valence-electron chi connectivity index (χ2n) is 6.80. The van der Waals surface area contributed by atoms with Gasteiger partial charge in [-0.25, -0.2) is 13.2 Å². The standard InChI is InChI=1S/C20H31N3O5S/c1-4-23(5-2)29(26,27)18-10-7-17(8-11-18)9-12-19(24)21-13-15-22(16-14-21)20(25)28-6-3/h7-8,10-11H,4-6,9,12-16H2,1-3H3. The van der Waals surface area contributed by atoms with Crippen LogP contribution in [0.4, 0.5) is 4.79 Å². The summed E-state index contributed by atoms with van der Waals surface area (Å²) in [4.78, 5) is 27.8. The molecule has 0 unspecified atom stereocenters. The topological polar surface area (TPSA) is 87.2 Å². The molecule has 0 aliphatic carbocycles. The van der Waals surface area contributed by atoms with Gasteiger partial charge in [0, 0.05) is 45.7 Å². The van der Waals surface area contributed by atoms with Crippen molar-refractivity contribution in [3.63, 3.8) is 0 Å². The maximum absolute atomic E-state index is 12.5. The zero-order chi connectivity index (χ0) is 21.4. The molecule has 0 radical (unpaired) electrons. The lowest BCUT2D eigenvalue weighted by atomic mass is 10.1. The maximum atomic E-state index is 12.5. The Hall–Kier alpha value is -2.13. The lowest BCUT2D eigenvalue weighted by Gasteiger charge is -2.34. The molecule has 1 fully saturated rings. The van der Waals surface area contributed by atoms with Gasteiger partial charge >= 0.3 is 6.09 Å². The average molecular weight is 426 g/mol. The van der Waals surface area contributed by atoms with E-state index in [1.54, 1.807) is 41.0 Å². The third kappa shape index (κ3) is 5.93. The zero-order valence-corrected chi connectivity index (χ0v) is 18.3. The number of carbonyl (C=O) groups is 2. The van der Waals surface area contributed by atoms with Gasteiger partial charge in [-0.3, -0.25) is 4.79 Å². The van der Waals surface area contributed by atoms with E-state index < -0.39 is 10.0 Å². The predicted octanol–water partition coefficient (Wildman–Crippen LogP) is 1.95. The number of ether oxygens (including phenoxy) is 1. The molecular formula is C20H31N3O5S. The minimum Gasteiger partial charge on any atom is -0.450 e. The van der Waals surface area contributed by atoms with Crippen molar-refractivity contribution in [3.05, 3.63) is 29.8 Å². The van der Waals surface area contributed by atoms with E-state index in [2.05, 4.69) is 0 Å². The first-order valence-electron chi connectivity index (χ1n) is 10.1. The van der Waals surface area contributed by atoms with Gasteiger partial charge in [-0.2, -0.15) is 4.31 Å². The lowest BCUT2D eigenvalue weighted by Crippen LogP contribution is -2.50. The Morgan fingerprint density at radius 3 is 2.03 bits per heavy atom. The molecule has 1 aromatic rings.